The van der Waals surface area contributed by atoms with Gasteiger partial charge in [0.15, 0.2) is 11.3 Å². The van der Waals surface area contributed by atoms with Crippen molar-refractivity contribution in [3.63, 3.8) is 0 Å². The molecule has 26 heavy (non-hydrogen) atoms. The molecule has 1 unspecified atom stereocenters. The van der Waals surface area contributed by atoms with E-state index in [1.165, 1.54) is 18.4 Å². The lowest BCUT2D eigenvalue weighted by Gasteiger charge is -2.24. The highest BCUT2D eigenvalue weighted by molar-refractivity contribution is 6.09. The van der Waals surface area contributed by atoms with E-state index in [1.807, 2.05) is 24.3 Å². The third-order valence-corrected chi connectivity index (χ3v) is 6.11. The van der Waals surface area contributed by atoms with Crippen LogP contribution in [0.5, 0.6) is 5.75 Å². The summed E-state index contributed by atoms with van der Waals surface area (Å²) in [5.41, 5.74) is 2.86. The molecule has 0 bridgehead atoms. The molecule has 1 aliphatic heterocycles. The Morgan fingerprint density at radius 2 is 1.92 bits per heavy atom. The number of amides is 1. The molecule has 2 fully saturated rings. The number of nitrogens with zero attached hydrogens (tertiary/aromatic N) is 1. The van der Waals surface area contributed by atoms with E-state index >= 15 is 0 Å². The van der Waals surface area contributed by atoms with E-state index in [9.17, 15) is 4.79 Å². The minimum atomic E-state index is 0.220. The monoisotopic (exact) mass is 349 g/mol. The summed E-state index contributed by atoms with van der Waals surface area (Å²) in [5.74, 6) is 1.27. The number of benzene rings is 2. The largest absolute Gasteiger partial charge is 0.493 e. The molecule has 1 saturated heterocycles. The van der Waals surface area contributed by atoms with Gasteiger partial charge in [-0.3, -0.25) is 4.79 Å². The van der Waals surface area contributed by atoms with Gasteiger partial charge in [-0.25, -0.2) is 0 Å². The first-order valence-corrected chi connectivity index (χ1v) is 9.54. The van der Waals surface area contributed by atoms with Gasteiger partial charge in [-0.15, -0.1) is 0 Å². The fourth-order valence-electron chi connectivity index (χ4n) is 4.84. The van der Waals surface area contributed by atoms with Crippen molar-refractivity contribution in [2.24, 2.45) is 0 Å². The summed E-state index contributed by atoms with van der Waals surface area (Å²) in [6.45, 7) is 0.824. The molecule has 4 nitrogen and oxygen atoms in total. The number of ether oxygens (including phenoxy) is 1. The first-order chi connectivity index (χ1) is 12.8. The van der Waals surface area contributed by atoms with Crippen molar-refractivity contribution in [3.8, 4) is 5.75 Å². The Morgan fingerprint density at radius 1 is 1.12 bits per heavy atom. The maximum Gasteiger partial charge on any atom is 0.223 e. The van der Waals surface area contributed by atoms with E-state index in [0.717, 1.165) is 47.1 Å². The van der Waals surface area contributed by atoms with E-state index in [-0.39, 0.29) is 5.92 Å². The number of furan rings is 1. The zero-order valence-corrected chi connectivity index (χ0v) is 15.0. The van der Waals surface area contributed by atoms with Gasteiger partial charge in [0, 0.05) is 35.7 Å². The summed E-state index contributed by atoms with van der Waals surface area (Å²) >= 11 is 0. The zero-order valence-electron chi connectivity index (χ0n) is 15.0. The second-order valence-corrected chi connectivity index (χ2v) is 7.54. The fourth-order valence-corrected chi connectivity index (χ4v) is 4.84. The van der Waals surface area contributed by atoms with Crippen LogP contribution in [0.3, 0.4) is 0 Å². The van der Waals surface area contributed by atoms with Crippen LogP contribution in [0.15, 0.2) is 40.8 Å². The Morgan fingerprint density at radius 3 is 2.73 bits per heavy atom. The van der Waals surface area contributed by atoms with E-state index in [4.69, 9.17) is 9.15 Å². The summed E-state index contributed by atoms with van der Waals surface area (Å²) in [6, 6.07) is 12.6. The normalized spacial score (nSPS) is 21.3. The molecule has 2 heterocycles. The average molecular weight is 349 g/mol. The van der Waals surface area contributed by atoms with Crippen molar-refractivity contribution in [1.29, 1.82) is 0 Å². The van der Waals surface area contributed by atoms with E-state index in [0.29, 0.717) is 18.4 Å². The second kappa shape index (κ2) is 6.04. The highest BCUT2D eigenvalue weighted by Gasteiger charge is 2.37. The number of likely N-dealkylation sites (tertiary alicyclic amines) is 1. The summed E-state index contributed by atoms with van der Waals surface area (Å²) in [6.07, 6.45) is 5.41. The van der Waals surface area contributed by atoms with Gasteiger partial charge in [0.25, 0.3) is 0 Å². The lowest BCUT2D eigenvalue weighted by Crippen LogP contribution is -2.34. The van der Waals surface area contributed by atoms with Gasteiger partial charge >= 0.3 is 0 Å². The Bertz CT molecular complexity index is 984. The molecule has 1 atom stereocenters. The van der Waals surface area contributed by atoms with Gasteiger partial charge in [-0.05, 0) is 30.5 Å². The number of fused-ring (bicyclic) bond motifs is 3. The number of hydrogen-bond acceptors (Lipinski definition) is 3. The van der Waals surface area contributed by atoms with Crippen LogP contribution in [0.2, 0.25) is 0 Å². The van der Waals surface area contributed by atoms with Gasteiger partial charge in [-0.1, -0.05) is 37.1 Å². The topological polar surface area (TPSA) is 42.7 Å². The Labute approximate surface area is 152 Å². The van der Waals surface area contributed by atoms with Gasteiger partial charge in [0.05, 0.1) is 7.11 Å². The SMILES string of the molecule is COc1ccc(C2CC(=O)N(C3CCCC3)C2)c2c1oc1ccccc12. The smallest absolute Gasteiger partial charge is 0.223 e. The number of rotatable bonds is 3. The maximum absolute atomic E-state index is 12.7. The lowest BCUT2D eigenvalue weighted by molar-refractivity contribution is -0.129. The maximum atomic E-state index is 12.7. The van der Waals surface area contributed by atoms with Crippen LogP contribution in [-0.4, -0.2) is 30.5 Å². The molecule has 5 rings (SSSR count). The molecule has 0 spiro atoms. The van der Waals surface area contributed by atoms with Crippen LogP contribution < -0.4 is 4.74 Å². The molecule has 2 aromatic carbocycles. The number of carbonyl (C=O) groups excluding carboxylic acids is 1. The van der Waals surface area contributed by atoms with Gasteiger partial charge in [-0.2, -0.15) is 0 Å². The van der Waals surface area contributed by atoms with E-state index < -0.39 is 0 Å². The van der Waals surface area contributed by atoms with Crippen molar-refractivity contribution in [2.75, 3.05) is 13.7 Å². The van der Waals surface area contributed by atoms with Gasteiger partial charge in [0.1, 0.15) is 5.58 Å². The summed E-state index contributed by atoms with van der Waals surface area (Å²) in [5, 5.41) is 2.20. The van der Waals surface area contributed by atoms with Crippen molar-refractivity contribution in [2.45, 2.75) is 44.1 Å². The van der Waals surface area contributed by atoms with Crippen molar-refractivity contribution in [1.82, 2.24) is 4.90 Å². The number of hydrogen-bond donors (Lipinski definition) is 0. The van der Waals surface area contributed by atoms with E-state index in [2.05, 4.69) is 17.0 Å². The molecule has 3 aromatic rings. The van der Waals surface area contributed by atoms with Crippen LogP contribution in [0.1, 0.15) is 43.6 Å². The third-order valence-electron chi connectivity index (χ3n) is 6.11. The molecule has 1 saturated carbocycles. The first-order valence-electron chi connectivity index (χ1n) is 9.54. The van der Waals surface area contributed by atoms with Gasteiger partial charge in [0.2, 0.25) is 5.91 Å². The Balaban J connectivity index is 1.62. The van der Waals surface area contributed by atoms with Crippen LogP contribution in [0, 0.1) is 0 Å². The number of para-hydroxylation sites is 1. The van der Waals surface area contributed by atoms with Crippen molar-refractivity contribution in [3.05, 3.63) is 42.0 Å². The third kappa shape index (κ3) is 2.32. The summed E-state index contributed by atoms with van der Waals surface area (Å²) < 4.78 is 11.6. The van der Waals surface area contributed by atoms with Gasteiger partial charge < -0.3 is 14.1 Å². The zero-order chi connectivity index (χ0) is 17.7. The lowest BCUT2D eigenvalue weighted by atomic mass is 9.93. The highest BCUT2D eigenvalue weighted by atomic mass is 16.5. The predicted octanol–water partition coefficient (Wildman–Crippen LogP) is 4.85. The summed E-state index contributed by atoms with van der Waals surface area (Å²) in [7, 11) is 1.67. The van der Waals surface area contributed by atoms with E-state index in [1.54, 1.807) is 7.11 Å². The molecular weight excluding hydrogens is 326 g/mol. The Hall–Kier alpha value is -2.49. The quantitative estimate of drug-likeness (QED) is 0.678. The predicted molar refractivity (Wildman–Crippen MR) is 102 cm³/mol. The highest BCUT2D eigenvalue weighted by Crippen LogP contribution is 2.43. The molecule has 0 N–H and O–H groups in total. The molecule has 1 amide bonds. The van der Waals surface area contributed by atoms with Crippen LogP contribution in [0.4, 0.5) is 0 Å². The van der Waals surface area contributed by atoms with Crippen molar-refractivity contribution >= 4 is 27.8 Å². The summed E-state index contributed by atoms with van der Waals surface area (Å²) in [4.78, 5) is 14.8. The Kier molecular flexibility index (Phi) is 3.66. The molecule has 2 aliphatic rings. The first kappa shape index (κ1) is 15.7. The van der Waals surface area contributed by atoms with Crippen molar-refractivity contribution < 1.29 is 13.9 Å². The minimum absolute atomic E-state index is 0.220. The molecule has 1 aliphatic carbocycles. The number of carbonyl (C=O) groups is 1. The standard InChI is InChI=1S/C22H23NO3/c1-25-19-11-10-16(21-17-8-4-5-9-18(17)26-22(19)21)14-12-20(24)23(13-14)15-6-2-3-7-15/h4-5,8-11,14-15H,2-3,6-7,12-13H2,1H3. The molecule has 0 radical (unpaired) electrons. The van der Waals surface area contributed by atoms with Crippen LogP contribution in [0.25, 0.3) is 21.9 Å². The fraction of sp³-hybridized carbons (Fsp3) is 0.409. The second-order valence-electron chi connectivity index (χ2n) is 7.54. The molecular formula is C22H23NO3. The average Bonchev–Trinajstić information content (AvgIpc) is 3.38. The molecule has 4 heteroatoms. The molecule has 134 valence electrons. The number of methoxy groups -OCH3 is 1. The van der Waals surface area contributed by atoms with Crippen LogP contribution in [-0.2, 0) is 4.79 Å². The van der Waals surface area contributed by atoms with Crippen LogP contribution >= 0.6 is 0 Å². The molecule has 1 aromatic heterocycles. The minimum Gasteiger partial charge on any atom is -0.493 e.